The monoisotopic (exact) mass is 331 g/mol. The van der Waals surface area contributed by atoms with Gasteiger partial charge < -0.3 is 10.6 Å². The molecular formula is C13H22BrN3S. The zero-order chi connectivity index (χ0) is 13.8. The number of hydrogen-bond acceptors (Lipinski definition) is 3. The Bertz CT molecular complexity index is 401. The maximum atomic E-state index is 7.53. The number of halogens is 1. The molecule has 0 radical (unpaired) electrons. The summed E-state index contributed by atoms with van der Waals surface area (Å²) in [4.78, 5) is 2.31. The van der Waals surface area contributed by atoms with Gasteiger partial charge in [-0.2, -0.15) is 0 Å². The Morgan fingerprint density at radius 2 is 2.22 bits per heavy atom. The molecule has 0 aromatic carbocycles. The molecule has 3 N–H and O–H groups in total. The highest BCUT2D eigenvalue weighted by atomic mass is 79.9. The van der Waals surface area contributed by atoms with E-state index in [4.69, 9.17) is 11.1 Å². The summed E-state index contributed by atoms with van der Waals surface area (Å²) >= 11 is 5.20. The van der Waals surface area contributed by atoms with Crippen molar-refractivity contribution in [1.82, 2.24) is 4.90 Å². The summed E-state index contributed by atoms with van der Waals surface area (Å²) in [6.45, 7) is 6.07. The van der Waals surface area contributed by atoms with Gasteiger partial charge in [0.1, 0.15) is 0 Å². The SMILES string of the molecule is CN(CCCC(C)(C)C(=N)N)Cc1csc(Br)c1. The van der Waals surface area contributed by atoms with Crippen molar-refractivity contribution in [3.05, 3.63) is 20.8 Å². The van der Waals surface area contributed by atoms with Gasteiger partial charge >= 0.3 is 0 Å². The fourth-order valence-corrected chi connectivity index (χ4v) is 2.95. The molecule has 102 valence electrons. The van der Waals surface area contributed by atoms with Gasteiger partial charge in [-0.3, -0.25) is 5.41 Å². The van der Waals surface area contributed by atoms with Crippen molar-refractivity contribution in [2.24, 2.45) is 11.1 Å². The van der Waals surface area contributed by atoms with E-state index in [-0.39, 0.29) is 11.3 Å². The summed E-state index contributed by atoms with van der Waals surface area (Å²) in [5, 5.41) is 9.71. The highest BCUT2D eigenvalue weighted by Gasteiger charge is 2.20. The predicted octanol–water partition coefficient (Wildman–Crippen LogP) is 3.68. The van der Waals surface area contributed by atoms with Crippen LogP contribution in [0.25, 0.3) is 0 Å². The van der Waals surface area contributed by atoms with Gasteiger partial charge in [0.15, 0.2) is 0 Å². The van der Waals surface area contributed by atoms with Gasteiger partial charge in [-0.05, 0) is 59.4 Å². The van der Waals surface area contributed by atoms with Gasteiger partial charge in [0, 0.05) is 12.0 Å². The molecule has 1 aromatic heterocycles. The van der Waals surface area contributed by atoms with Crippen molar-refractivity contribution in [3.8, 4) is 0 Å². The standard InChI is InChI=1S/C13H22BrN3S/c1-13(2,12(15)16)5-4-6-17(3)8-10-7-11(14)18-9-10/h7,9H,4-6,8H2,1-3H3,(H3,15,16). The molecule has 0 aliphatic heterocycles. The van der Waals surface area contributed by atoms with Crippen LogP contribution in [0.15, 0.2) is 15.2 Å². The fraction of sp³-hybridized carbons (Fsp3) is 0.615. The van der Waals surface area contributed by atoms with E-state index in [0.717, 1.165) is 25.9 Å². The Balaban J connectivity index is 2.29. The van der Waals surface area contributed by atoms with E-state index in [0.29, 0.717) is 0 Å². The molecule has 5 heteroatoms. The van der Waals surface area contributed by atoms with E-state index in [1.54, 1.807) is 11.3 Å². The van der Waals surface area contributed by atoms with E-state index >= 15 is 0 Å². The topological polar surface area (TPSA) is 53.1 Å². The molecule has 0 fully saturated rings. The normalized spacial score (nSPS) is 12.1. The molecule has 0 bridgehead atoms. The van der Waals surface area contributed by atoms with Crippen LogP contribution >= 0.6 is 27.3 Å². The lowest BCUT2D eigenvalue weighted by molar-refractivity contribution is 0.300. The van der Waals surface area contributed by atoms with Crippen LogP contribution in [-0.2, 0) is 6.54 Å². The van der Waals surface area contributed by atoms with Gasteiger partial charge in [-0.25, -0.2) is 0 Å². The molecular weight excluding hydrogens is 310 g/mol. The summed E-state index contributed by atoms with van der Waals surface area (Å²) in [6.07, 6.45) is 2.02. The average Bonchev–Trinajstić information content (AvgIpc) is 2.63. The van der Waals surface area contributed by atoms with E-state index in [1.165, 1.54) is 9.35 Å². The molecule has 0 saturated heterocycles. The average molecular weight is 332 g/mol. The fourth-order valence-electron chi connectivity index (χ4n) is 1.75. The molecule has 1 heterocycles. The maximum Gasteiger partial charge on any atom is 0.0963 e. The third-order valence-electron chi connectivity index (χ3n) is 3.14. The zero-order valence-electron chi connectivity index (χ0n) is 11.3. The Hall–Kier alpha value is -0.390. The summed E-state index contributed by atoms with van der Waals surface area (Å²) in [5.41, 5.74) is 6.75. The Kier molecular flexibility index (Phi) is 5.82. The summed E-state index contributed by atoms with van der Waals surface area (Å²) in [6, 6.07) is 2.17. The number of amidine groups is 1. The van der Waals surface area contributed by atoms with E-state index < -0.39 is 0 Å². The molecule has 0 spiro atoms. The number of rotatable bonds is 7. The number of nitrogens with two attached hydrogens (primary N) is 1. The number of nitrogens with one attached hydrogen (secondary N) is 1. The van der Waals surface area contributed by atoms with Crippen LogP contribution in [0.1, 0.15) is 32.3 Å². The first kappa shape index (κ1) is 15.7. The van der Waals surface area contributed by atoms with E-state index in [9.17, 15) is 0 Å². The third-order valence-corrected chi connectivity index (χ3v) is 4.70. The summed E-state index contributed by atoms with van der Waals surface area (Å²) < 4.78 is 1.18. The van der Waals surface area contributed by atoms with Crippen LogP contribution in [-0.4, -0.2) is 24.3 Å². The lowest BCUT2D eigenvalue weighted by Crippen LogP contribution is -2.31. The van der Waals surface area contributed by atoms with Crippen LogP contribution in [0.2, 0.25) is 0 Å². The Labute approximate surface area is 122 Å². The smallest absolute Gasteiger partial charge is 0.0963 e. The molecule has 1 aromatic rings. The van der Waals surface area contributed by atoms with Crippen LogP contribution < -0.4 is 5.73 Å². The molecule has 0 atom stereocenters. The van der Waals surface area contributed by atoms with Crippen molar-refractivity contribution in [3.63, 3.8) is 0 Å². The zero-order valence-corrected chi connectivity index (χ0v) is 13.7. The third kappa shape index (κ3) is 5.08. The van der Waals surface area contributed by atoms with Crippen molar-refractivity contribution < 1.29 is 0 Å². The quantitative estimate of drug-likeness (QED) is 0.591. The molecule has 1 rings (SSSR count). The maximum absolute atomic E-state index is 7.53. The van der Waals surface area contributed by atoms with Gasteiger partial charge in [0.25, 0.3) is 0 Å². The molecule has 0 amide bonds. The van der Waals surface area contributed by atoms with Crippen LogP contribution in [0.5, 0.6) is 0 Å². The minimum Gasteiger partial charge on any atom is -0.387 e. The lowest BCUT2D eigenvalue weighted by Gasteiger charge is -2.24. The number of thiophene rings is 1. The number of nitrogens with zero attached hydrogens (tertiary/aromatic N) is 1. The minimum atomic E-state index is -0.174. The van der Waals surface area contributed by atoms with E-state index in [1.807, 2.05) is 13.8 Å². The second-order valence-electron chi connectivity index (χ2n) is 5.40. The minimum absolute atomic E-state index is 0.174. The molecule has 0 saturated carbocycles. The molecule has 0 unspecified atom stereocenters. The van der Waals surface area contributed by atoms with Gasteiger partial charge in [-0.1, -0.05) is 13.8 Å². The van der Waals surface area contributed by atoms with Crippen molar-refractivity contribution in [2.45, 2.75) is 33.2 Å². The first-order valence-corrected chi connectivity index (χ1v) is 7.74. The highest BCUT2D eigenvalue weighted by molar-refractivity contribution is 9.11. The van der Waals surface area contributed by atoms with Crippen molar-refractivity contribution in [2.75, 3.05) is 13.6 Å². The van der Waals surface area contributed by atoms with Gasteiger partial charge in [0.2, 0.25) is 0 Å². The van der Waals surface area contributed by atoms with Crippen molar-refractivity contribution in [1.29, 1.82) is 5.41 Å². The van der Waals surface area contributed by atoms with Crippen LogP contribution in [0, 0.1) is 10.8 Å². The summed E-state index contributed by atoms with van der Waals surface area (Å²) in [5.74, 6) is 0.284. The number of hydrogen-bond donors (Lipinski definition) is 2. The Morgan fingerprint density at radius 1 is 1.56 bits per heavy atom. The highest BCUT2D eigenvalue weighted by Crippen LogP contribution is 2.23. The first-order valence-electron chi connectivity index (χ1n) is 6.07. The second kappa shape index (κ2) is 6.68. The van der Waals surface area contributed by atoms with Crippen LogP contribution in [0.3, 0.4) is 0 Å². The molecule has 0 aliphatic rings. The van der Waals surface area contributed by atoms with Gasteiger partial charge in [-0.15, -0.1) is 11.3 Å². The van der Waals surface area contributed by atoms with Gasteiger partial charge in [0.05, 0.1) is 9.62 Å². The molecule has 3 nitrogen and oxygen atoms in total. The second-order valence-corrected chi connectivity index (χ2v) is 7.69. The van der Waals surface area contributed by atoms with Crippen LogP contribution in [0.4, 0.5) is 0 Å². The Morgan fingerprint density at radius 3 is 2.72 bits per heavy atom. The largest absolute Gasteiger partial charge is 0.387 e. The first-order chi connectivity index (χ1) is 8.31. The lowest BCUT2D eigenvalue weighted by atomic mass is 9.86. The molecule has 0 aliphatic carbocycles. The van der Waals surface area contributed by atoms with E-state index in [2.05, 4.69) is 39.3 Å². The van der Waals surface area contributed by atoms with Crippen molar-refractivity contribution >= 4 is 33.1 Å². The predicted molar refractivity (Wildman–Crippen MR) is 83.3 cm³/mol. The summed E-state index contributed by atoms with van der Waals surface area (Å²) in [7, 11) is 2.13. The molecule has 18 heavy (non-hydrogen) atoms.